The number of hydrogen-bond acceptors (Lipinski definition) is 4. The first-order chi connectivity index (χ1) is 15.9. The highest BCUT2D eigenvalue weighted by molar-refractivity contribution is 5.68. The summed E-state index contributed by atoms with van der Waals surface area (Å²) >= 11 is 0. The maximum Gasteiger partial charge on any atom is 0.425 e. The Labute approximate surface area is 194 Å². The summed E-state index contributed by atoms with van der Waals surface area (Å²) in [5.74, 6) is 0. The summed E-state index contributed by atoms with van der Waals surface area (Å²) in [7, 11) is 0. The number of benzene rings is 1. The number of nitrogens with zero attached hydrogens (tertiary/aromatic N) is 3. The van der Waals surface area contributed by atoms with Crippen LogP contribution in [0.1, 0.15) is 43.7 Å². The lowest BCUT2D eigenvalue weighted by Gasteiger charge is -2.54. The van der Waals surface area contributed by atoms with E-state index in [1.807, 2.05) is 9.80 Å². The molecular formula is C23H29F6N3O2. The summed E-state index contributed by atoms with van der Waals surface area (Å²) in [5.41, 5.74) is 0.209. The topological polar surface area (TPSA) is 36.0 Å². The van der Waals surface area contributed by atoms with Crippen molar-refractivity contribution in [1.82, 2.24) is 9.80 Å². The van der Waals surface area contributed by atoms with Gasteiger partial charge in [-0.2, -0.15) is 26.3 Å². The zero-order chi connectivity index (χ0) is 24.7. The molecule has 1 unspecified atom stereocenters. The molecule has 1 amide bonds. The molecule has 3 fully saturated rings. The normalized spacial score (nSPS) is 22.1. The second-order valence-electron chi connectivity index (χ2n) is 9.69. The van der Waals surface area contributed by atoms with Gasteiger partial charge in [-0.1, -0.05) is 6.07 Å². The average molecular weight is 493 g/mol. The van der Waals surface area contributed by atoms with E-state index in [0.29, 0.717) is 37.2 Å². The van der Waals surface area contributed by atoms with Crippen molar-refractivity contribution >= 4 is 11.8 Å². The Morgan fingerprint density at radius 3 is 2.21 bits per heavy atom. The van der Waals surface area contributed by atoms with Crippen LogP contribution in [-0.2, 0) is 17.5 Å². The molecule has 0 N–H and O–H groups in total. The van der Waals surface area contributed by atoms with Crippen LogP contribution < -0.4 is 4.90 Å². The predicted octanol–water partition coefficient (Wildman–Crippen LogP) is 5.29. The number of ether oxygens (including phenoxy) is 1. The zero-order valence-electron chi connectivity index (χ0n) is 19.0. The summed E-state index contributed by atoms with van der Waals surface area (Å²) in [5, 5.41) is 0. The number of amides is 1. The number of alkyl halides is 6. The first-order valence-corrected chi connectivity index (χ1v) is 11.6. The molecular weight excluding hydrogens is 464 g/mol. The number of anilines is 1. The van der Waals surface area contributed by atoms with Crippen molar-refractivity contribution in [2.24, 2.45) is 5.41 Å². The van der Waals surface area contributed by atoms with Gasteiger partial charge in [0.25, 0.3) is 0 Å². The van der Waals surface area contributed by atoms with Crippen LogP contribution in [0, 0.1) is 5.41 Å². The van der Waals surface area contributed by atoms with Gasteiger partial charge in [-0.3, -0.25) is 4.90 Å². The quantitative estimate of drug-likeness (QED) is 0.534. The maximum atomic E-state index is 13.8. The van der Waals surface area contributed by atoms with E-state index in [9.17, 15) is 31.1 Å². The van der Waals surface area contributed by atoms with Gasteiger partial charge >= 0.3 is 18.4 Å². The molecule has 1 atom stereocenters. The minimum absolute atomic E-state index is 0.132. The van der Waals surface area contributed by atoms with Crippen molar-refractivity contribution in [1.29, 1.82) is 0 Å². The van der Waals surface area contributed by atoms with Crippen LogP contribution in [0.25, 0.3) is 0 Å². The van der Waals surface area contributed by atoms with E-state index in [1.54, 1.807) is 6.07 Å². The van der Waals surface area contributed by atoms with E-state index in [-0.39, 0.29) is 25.0 Å². The molecule has 1 aromatic carbocycles. The minimum Gasteiger partial charge on any atom is -0.437 e. The molecule has 3 aliphatic heterocycles. The van der Waals surface area contributed by atoms with Crippen LogP contribution >= 0.6 is 0 Å². The molecule has 3 heterocycles. The van der Waals surface area contributed by atoms with Crippen molar-refractivity contribution in [3.05, 3.63) is 29.3 Å². The molecule has 0 bridgehead atoms. The second kappa shape index (κ2) is 9.13. The molecule has 11 heteroatoms. The number of carbonyl (C=O) groups is 1. The van der Waals surface area contributed by atoms with Crippen molar-refractivity contribution < 1.29 is 35.9 Å². The van der Waals surface area contributed by atoms with E-state index in [4.69, 9.17) is 0 Å². The molecule has 1 aromatic rings. The lowest BCUT2D eigenvalue weighted by atomic mass is 9.72. The van der Waals surface area contributed by atoms with Crippen LogP contribution in [0.4, 0.5) is 36.8 Å². The highest BCUT2D eigenvalue weighted by Gasteiger charge is 2.47. The minimum atomic E-state index is -4.61. The Balaban J connectivity index is 1.37. The standard InChI is InChI=1S/C23H29F6N3O2/c1-16(22(24,25)26)34-20(33)32-11-7-21(8-12-32)14-30(15-21)13-17-18(23(27,28)29)5-4-6-19(17)31-9-2-3-10-31/h4-6,16H,2-3,7-15H2,1H3. The van der Waals surface area contributed by atoms with Crippen molar-refractivity contribution in [3.63, 3.8) is 0 Å². The molecule has 5 nitrogen and oxygen atoms in total. The van der Waals surface area contributed by atoms with Crippen molar-refractivity contribution in [3.8, 4) is 0 Å². The number of hydrogen-bond donors (Lipinski definition) is 0. The summed E-state index contributed by atoms with van der Waals surface area (Å²) in [6, 6.07) is 4.36. The molecule has 3 aliphatic rings. The largest absolute Gasteiger partial charge is 0.437 e. The van der Waals surface area contributed by atoms with Crippen LogP contribution in [0.15, 0.2) is 18.2 Å². The molecule has 0 saturated carbocycles. The van der Waals surface area contributed by atoms with E-state index < -0.39 is 30.1 Å². The summed E-state index contributed by atoms with van der Waals surface area (Å²) in [6.45, 7) is 4.22. The van der Waals surface area contributed by atoms with Gasteiger partial charge in [0.15, 0.2) is 6.10 Å². The maximum absolute atomic E-state index is 13.8. The summed E-state index contributed by atoms with van der Waals surface area (Å²) in [6.07, 6.45) is -9.11. The third kappa shape index (κ3) is 5.23. The number of carbonyl (C=O) groups excluding carboxylic acids is 1. The third-order valence-corrected chi connectivity index (χ3v) is 7.22. The Hall–Kier alpha value is -2.17. The van der Waals surface area contributed by atoms with Gasteiger partial charge in [-0.25, -0.2) is 4.79 Å². The SMILES string of the molecule is CC(OC(=O)N1CCC2(CC1)CN(Cc1c(N3CCCC3)cccc1C(F)(F)F)C2)C(F)(F)F. The molecule has 0 aliphatic carbocycles. The highest BCUT2D eigenvalue weighted by Crippen LogP contribution is 2.44. The molecule has 1 spiro atoms. The molecule has 3 saturated heterocycles. The fourth-order valence-corrected chi connectivity index (χ4v) is 5.27. The molecule has 0 aromatic heterocycles. The Kier molecular flexibility index (Phi) is 6.69. The van der Waals surface area contributed by atoms with E-state index in [1.165, 1.54) is 11.0 Å². The zero-order valence-corrected chi connectivity index (χ0v) is 19.0. The first kappa shape index (κ1) is 24.9. The van der Waals surface area contributed by atoms with Gasteiger partial charge in [-0.15, -0.1) is 0 Å². The van der Waals surface area contributed by atoms with Crippen LogP contribution in [0.5, 0.6) is 0 Å². The Morgan fingerprint density at radius 2 is 1.65 bits per heavy atom. The van der Waals surface area contributed by atoms with Gasteiger partial charge in [-0.05, 0) is 50.2 Å². The van der Waals surface area contributed by atoms with E-state index >= 15 is 0 Å². The average Bonchev–Trinajstić information content (AvgIpc) is 3.26. The van der Waals surface area contributed by atoms with Crippen LogP contribution in [0.2, 0.25) is 0 Å². The van der Waals surface area contributed by atoms with Crippen molar-refractivity contribution in [2.75, 3.05) is 44.2 Å². The van der Waals surface area contributed by atoms with Crippen LogP contribution in [0.3, 0.4) is 0 Å². The van der Waals surface area contributed by atoms with E-state index in [0.717, 1.165) is 38.9 Å². The van der Waals surface area contributed by atoms with Crippen LogP contribution in [-0.4, -0.2) is 67.4 Å². The lowest BCUT2D eigenvalue weighted by Crippen LogP contribution is -2.60. The second-order valence-corrected chi connectivity index (χ2v) is 9.69. The Bertz CT molecular complexity index is 882. The molecule has 0 radical (unpaired) electrons. The summed E-state index contributed by atoms with van der Waals surface area (Å²) in [4.78, 5) is 17.3. The number of likely N-dealkylation sites (tertiary alicyclic amines) is 2. The smallest absolute Gasteiger partial charge is 0.425 e. The van der Waals surface area contributed by atoms with Gasteiger partial charge in [0.05, 0.1) is 5.56 Å². The fraction of sp³-hybridized carbons (Fsp3) is 0.696. The summed E-state index contributed by atoms with van der Waals surface area (Å²) < 4.78 is 83.7. The van der Waals surface area contributed by atoms with Crippen molar-refractivity contribution in [2.45, 2.75) is 57.6 Å². The number of halogens is 6. The number of piperidine rings is 1. The third-order valence-electron chi connectivity index (χ3n) is 7.22. The molecule has 4 rings (SSSR count). The van der Waals surface area contributed by atoms with Gasteiger partial charge < -0.3 is 14.5 Å². The number of rotatable bonds is 4. The van der Waals surface area contributed by atoms with Gasteiger partial charge in [0, 0.05) is 57.1 Å². The monoisotopic (exact) mass is 493 g/mol. The highest BCUT2D eigenvalue weighted by atomic mass is 19.4. The molecule has 190 valence electrons. The Morgan fingerprint density at radius 1 is 1.03 bits per heavy atom. The fourth-order valence-electron chi connectivity index (χ4n) is 5.27. The lowest BCUT2D eigenvalue weighted by molar-refractivity contribution is -0.200. The van der Waals surface area contributed by atoms with Gasteiger partial charge in [0.2, 0.25) is 0 Å². The predicted molar refractivity (Wildman–Crippen MR) is 113 cm³/mol. The van der Waals surface area contributed by atoms with Gasteiger partial charge in [0.1, 0.15) is 0 Å². The molecule has 34 heavy (non-hydrogen) atoms. The first-order valence-electron chi connectivity index (χ1n) is 11.6. The van der Waals surface area contributed by atoms with E-state index in [2.05, 4.69) is 4.74 Å².